The lowest BCUT2D eigenvalue weighted by Crippen LogP contribution is -2.24. The van der Waals surface area contributed by atoms with Crippen LogP contribution in [0.25, 0.3) is 0 Å². The molecule has 1 amide bonds. The second-order valence-corrected chi connectivity index (χ2v) is 9.86. The second kappa shape index (κ2) is 7.87. The van der Waals surface area contributed by atoms with Gasteiger partial charge in [-0.05, 0) is 38.5 Å². The van der Waals surface area contributed by atoms with Gasteiger partial charge in [0.15, 0.2) is 9.84 Å². The number of thiophene rings is 1. The molecule has 0 aliphatic carbocycles. The Bertz CT molecular complexity index is 883. The molecule has 1 atom stereocenters. The van der Waals surface area contributed by atoms with Gasteiger partial charge in [0.05, 0.1) is 22.4 Å². The molecule has 3 N–H and O–H groups in total. The van der Waals surface area contributed by atoms with Crippen LogP contribution in [0.1, 0.15) is 34.2 Å². The number of aryl methyl sites for hydroxylation is 2. The first-order valence-electron chi connectivity index (χ1n) is 8.53. The fourth-order valence-electron chi connectivity index (χ4n) is 2.80. The third kappa shape index (κ3) is 4.50. The van der Waals surface area contributed by atoms with Crippen molar-refractivity contribution in [3.63, 3.8) is 0 Å². The maximum Gasteiger partial charge on any atom is 0.225 e. The van der Waals surface area contributed by atoms with E-state index in [0.29, 0.717) is 0 Å². The van der Waals surface area contributed by atoms with Gasteiger partial charge in [-0.3, -0.25) is 10.2 Å². The molecule has 1 aliphatic heterocycles. The van der Waals surface area contributed by atoms with Gasteiger partial charge >= 0.3 is 0 Å². The molecule has 1 aromatic heterocycles. The van der Waals surface area contributed by atoms with Crippen molar-refractivity contribution in [2.45, 2.75) is 37.6 Å². The molecule has 0 radical (unpaired) electrons. The Balaban J connectivity index is 1.59. The average Bonchev–Trinajstić information content (AvgIpc) is 3.24. The molecule has 1 fully saturated rings. The van der Waals surface area contributed by atoms with Gasteiger partial charge < -0.3 is 5.32 Å². The number of anilines is 1. The first-order valence-corrected chi connectivity index (χ1v) is 11.0. The summed E-state index contributed by atoms with van der Waals surface area (Å²) < 4.78 is 24.7. The average molecular weight is 394 g/mol. The largest absolute Gasteiger partial charge is 0.325 e. The van der Waals surface area contributed by atoms with E-state index in [9.17, 15) is 13.2 Å². The normalized spacial score (nSPS) is 17.4. The summed E-state index contributed by atoms with van der Waals surface area (Å²) in [6, 6.07) is 8.91. The minimum atomic E-state index is -3.46. The number of hydrogen-bond donors (Lipinski definition) is 3. The molecule has 26 heavy (non-hydrogen) atoms. The Kier molecular flexibility index (Phi) is 5.76. The highest BCUT2D eigenvalue weighted by atomic mass is 32.2. The summed E-state index contributed by atoms with van der Waals surface area (Å²) in [6.07, 6.45) is 0.937. The first kappa shape index (κ1) is 19.0. The van der Waals surface area contributed by atoms with E-state index in [0.717, 1.165) is 34.0 Å². The van der Waals surface area contributed by atoms with Crippen molar-refractivity contribution in [3.8, 4) is 0 Å². The number of hydrogen-bond acceptors (Lipinski definition) is 6. The lowest BCUT2D eigenvalue weighted by Gasteiger charge is -2.07. The molecule has 1 aromatic carbocycles. The van der Waals surface area contributed by atoms with Crippen molar-refractivity contribution in [1.29, 1.82) is 0 Å². The number of amides is 1. The van der Waals surface area contributed by atoms with Crippen LogP contribution in [0, 0.1) is 13.8 Å². The zero-order valence-corrected chi connectivity index (χ0v) is 16.5. The summed E-state index contributed by atoms with van der Waals surface area (Å²) in [4.78, 5) is 14.7. The van der Waals surface area contributed by atoms with E-state index < -0.39 is 9.84 Å². The maximum atomic E-state index is 12.4. The van der Waals surface area contributed by atoms with Crippen molar-refractivity contribution in [2.24, 2.45) is 0 Å². The third-order valence-corrected chi connectivity index (χ3v) is 7.26. The van der Waals surface area contributed by atoms with Gasteiger partial charge in [-0.15, -0.1) is 11.3 Å². The lowest BCUT2D eigenvalue weighted by molar-refractivity contribution is -0.115. The lowest BCUT2D eigenvalue weighted by atomic mass is 10.2. The van der Waals surface area contributed by atoms with E-state index in [2.05, 4.69) is 16.2 Å². The van der Waals surface area contributed by atoms with E-state index in [1.54, 1.807) is 35.6 Å². The van der Waals surface area contributed by atoms with Crippen LogP contribution in [0.3, 0.4) is 0 Å². The number of sulfone groups is 1. The Morgan fingerprint density at radius 1 is 1.27 bits per heavy atom. The SMILES string of the molecule is Cc1ccc(S(=O)(=O)CCC(=O)Nc2cc(C3CCNN3)sc2C)cc1. The fraction of sp³-hybridized carbons (Fsp3) is 0.389. The molecule has 1 aliphatic rings. The van der Waals surface area contributed by atoms with Crippen molar-refractivity contribution in [1.82, 2.24) is 10.9 Å². The molecular formula is C18H23N3O3S2. The standard InChI is InChI=1S/C18H23N3O3S2/c1-12-3-5-14(6-4-12)26(23,24)10-8-18(22)20-16-11-17(25-13(16)2)15-7-9-19-21-15/h3-6,11,15,19,21H,7-10H2,1-2H3,(H,20,22). The van der Waals surface area contributed by atoms with Crippen LogP contribution in [0.15, 0.2) is 35.2 Å². The fourth-order valence-corrected chi connectivity index (χ4v) is 5.11. The van der Waals surface area contributed by atoms with Gasteiger partial charge in [-0.25, -0.2) is 13.8 Å². The minimum absolute atomic E-state index is 0.0654. The number of hydrazine groups is 1. The molecule has 0 saturated carbocycles. The van der Waals surface area contributed by atoms with Crippen LogP contribution >= 0.6 is 11.3 Å². The van der Waals surface area contributed by atoms with Crippen LogP contribution in [0.2, 0.25) is 0 Å². The number of carbonyl (C=O) groups is 1. The molecule has 3 rings (SSSR count). The van der Waals surface area contributed by atoms with Gasteiger partial charge in [-0.1, -0.05) is 17.7 Å². The predicted octanol–water partition coefficient (Wildman–Crippen LogP) is 2.71. The van der Waals surface area contributed by atoms with Crippen molar-refractivity contribution < 1.29 is 13.2 Å². The number of nitrogens with one attached hydrogen (secondary N) is 3. The summed E-state index contributed by atoms with van der Waals surface area (Å²) in [7, 11) is -3.46. The molecular weight excluding hydrogens is 370 g/mol. The van der Waals surface area contributed by atoms with Crippen LogP contribution in [0.4, 0.5) is 5.69 Å². The molecule has 1 unspecified atom stereocenters. The van der Waals surface area contributed by atoms with E-state index >= 15 is 0 Å². The number of rotatable bonds is 6. The van der Waals surface area contributed by atoms with Crippen LogP contribution in [0.5, 0.6) is 0 Å². The minimum Gasteiger partial charge on any atom is -0.325 e. The molecule has 140 valence electrons. The monoisotopic (exact) mass is 393 g/mol. The molecule has 6 nitrogen and oxygen atoms in total. The van der Waals surface area contributed by atoms with Crippen LogP contribution < -0.4 is 16.2 Å². The Morgan fingerprint density at radius 3 is 2.65 bits per heavy atom. The van der Waals surface area contributed by atoms with Gasteiger partial charge in [-0.2, -0.15) is 0 Å². The molecule has 2 aromatic rings. The summed E-state index contributed by atoms with van der Waals surface area (Å²) in [5.74, 6) is -0.489. The molecule has 1 saturated heterocycles. The highest BCUT2D eigenvalue weighted by Crippen LogP contribution is 2.32. The highest BCUT2D eigenvalue weighted by Gasteiger charge is 2.21. The summed E-state index contributed by atoms with van der Waals surface area (Å²) >= 11 is 1.64. The number of benzene rings is 1. The summed E-state index contributed by atoms with van der Waals surface area (Å²) in [6.45, 7) is 4.77. The third-order valence-electron chi connectivity index (χ3n) is 4.37. The van der Waals surface area contributed by atoms with Gasteiger partial charge in [0.1, 0.15) is 0 Å². The highest BCUT2D eigenvalue weighted by molar-refractivity contribution is 7.91. The van der Waals surface area contributed by atoms with Crippen molar-refractivity contribution in [3.05, 3.63) is 45.6 Å². The Hall–Kier alpha value is -1.74. The zero-order chi connectivity index (χ0) is 18.7. The zero-order valence-electron chi connectivity index (χ0n) is 14.8. The molecule has 8 heteroatoms. The maximum absolute atomic E-state index is 12.4. The molecule has 0 bridgehead atoms. The van der Waals surface area contributed by atoms with Gasteiger partial charge in [0.2, 0.25) is 5.91 Å². The Labute approximate surface area is 157 Å². The van der Waals surface area contributed by atoms with Crippen molar-refractivity contribution in [2.75, 3.05) is 17.6 Å². The first-order chi connectivity index (χ1) is 12.3. The van der Waals surface area contributed by atoms with Crippen LogP contribution in [-0.4, -0.2) is 26.6 Å². The Morgan fingerprint density at radius 2 is 2.00 bits per heavy atom. The van der Waals surface area contributed by atoms with E-state index in [4.69, 9.17) is 0 Å². The predicted molar refractivity (Wildman–Crippen MR) is 104 cm³/mol. The summed E-state index contributed by atoms with van der Waals surface area (Å²) in [5, 5.41) is 2.85. The smallest absolute Gasteiger partial charge is 0.225 e. The van der Waals surface area contributed by atoms with E-state index in [1.165, 1.54) is 0 Å². The topological polar surface area (TPSA) is 87.3 Å². The summed E-state index contributed by atoms with van der Waals surface area (Å²) in [5.41, 5.74) is 8.06. The molecule has 0 spiro atoms. The van der Waals surface area contributed by atoms with Gasteiger partial charge in [0, 0.05) is 22.7 Å². The van der Waals surface area contributed by atoms with E-state index in [1.807, 2.05) is 19.9 Å². The second-order valence-electron chi connectivity index (χ2n) is 6.46. The number of carbonyl (C=O) groups excluding carboxylic acids is 1. The van der Waals surface area contributed by atoms with Crippen molar-refractivity contribution >= 4 is 32.8 Å². The van der Waals surface area contributed by atoms with Gasteiger partial charge in [0.25, 0.3) is 0 Å². The van der Waals surface area contributed by atoms with E-state index in [-0.39, 0.29) is 29.0 Å². The van der Waals surface area contributed by atoms with Crippen LogP contribution in [-0.2, 0) is 14.6 Å². The quantitative estimate of drug-likeness (QED) is 0.702. The molecule has 2 heterocycles.